The van der Waals surface area contributed by atoms with E-state index in [9.17, 15) is 4.57 Å². The van der Waals surface area contributed by atoms with Gasteiger partial charge in [-0.3, -0.25) is 4.57 Å². The molecule has 0 aromatic heterocycles. The van der Waals surface area contributed by atoms with E-state index in [1.807, 2.05) is 60.7 Å². The van der Waals surface area contributed by atoms with Crippen molar-refractivity contribution in [2.24, 2.45) is 17.3 Å². The van der Waals surface area contributed by atoms with E-state index in [1.165, 1.54) is 12.0 Å². The van der Waals surface area contributed by atoms with Gasteiger partial charge < -0.3 is 4.52 Å². The second-order valence-electron chi connectivity index (χ2n) is 7.82. The minimum absolute atomic E-state index is 0.358. The molecule has 2 aromatic carbocycles. The maximum atomic E-state index is 13.9. The highest BCUT2D eigenvalue weighted by Gasteiger charge is 2.51. The smallest absolute Gasteiger partial charge is 0.261 e. The van der Waals surface area contributed by atoms with Crippen LogP contribution in [0.2, 0.25) is 0 Å². The fraction of sp³-hybridized carbons (Fsp3) is 0.364. The van der Waals surface area contributed by atoms with Crippen LogP contribution < -0.4 is 10.6 Å². The molecular formula is C22H25O2P. The van der Waals surface area contributed by atoms with Crippen LogP contribution in [0.15, 0.2) is 72.3 Å². The summed E-state index contributed by atoms with van der Waals surface area (Å²) in [5.41, 5.74) is 1.69. The van der Waals surface area contributed by atoms with E-state index in [1.54, 1.807) is 0 Å². The standard InChI is InChI=1S/C22H25O2P/c1-22(2)18-14-13-17(21(22)15-18)16-24-25(23,19-9-5-3-6-10-19)20-11-7-4-8-12-20/h3-13,18,21H,14-16H2,1-2H3. The van der Waals surface area contributed by atoms with Crippen LogP contribution in [0.25, 0.3) is 0 Å². The molecule has 5 rings (SSSR count). The molecule has 2 unspecified atom stereocenters. The zero-order chi connectivity index (χ0) is 17.5. The summed E-state index contributed by atoms with van der Waals surface area (Å²) in [7, 11) is -3.08. The fourth-order valence-electron chi connectivity index (χ4n) is 4.35. The van der Waals surface area contributed by atoms with Crippen molar-refractivity contribution in [3.8, 4) is 0 Å². The molecule has 3 heteroatoms. The number of allylic oxidation sites excluding steroid dienone is 1. The number of benzene rings is 2. The van der Waals surface area contributed by atoms with Crippen LogP contribution in [0.4, 0.5) is 0 Å². The summed E-state index contributed by atoms with van der Waals surface area (Å²) in [5.74, 6) is 1.38. The van der Waals surface area contributed by atoms with Gasteiger partial charge in [0.15, 0.2) is 0 Å². The molecule has 2 atom stereocenters. The van der Waals surface area contributed by atoms with Gasteiger partial charge >= 0.3 is 0 Å². The summed E-state index contributed by atoms with van der Waals surface area (Å²) in [6, 6.07) is 19.2. The second-order valence-corrected chi connectivity index (χ2v) is 10.2. The van der Waals surface area contributed by atoms with Gasteiger partial charge in [0.1, 0.15) is 0 Å². The minimum atomic E-state index is -3.08. The summed E-state index contributed by atoms with van der Waals surface area (Å²) in [4.78, 5) is 0. The number of hydrogen-bond donors (Lipinski definition) is 0. The van der Waals surface area contributed by atoms with Gasteiger partial charge in [0.2, 0.25) is 0 Å². The molecular weight excluding hydrogens is 327 g/mol. The first-order valence-corrected chi connectivity index (χ1v) is 10.7. The normalized spacial score (nSPS) is 24.3. The van der Waals surface area contributed by atoms with Crippen molar-refractivity contribution in [1.29, 1.82) is 0 Å². The van der Waals surface area contributed by atoms with Crippen LogP contribution in [0.5, 0.6) is 0 Å². The molecule has 0 saturated heterocycles. The van der Waals surface area contributed by atoms with Crippen LogP contribution in [0.1, 0.15) is 26.7 Å². The van der Waals surface area contributed by atoms with Crippen LogP contribution in [0.3, 0.4) is 0 Å². The molecule has 0 aliphatic heterocycles. The SMILES string of the molecule is CC1(C)C2CC=C(COP(=O)(c3ccccc3)c3ccccc3)C1C2. The second kappa shape index (κ2) is 6.27. The first-order valence-electron chi connectivity index (χ1n) is 9.06. The Morgan fingerprint density at radius 2 is 1.56 bits per heavy atom. The molecule has 1 fully saturated rings. The van der Waals surface area contributed by atoms with Crippen LogP contribution >= 0.6 is 7.37 Å². The van der Waals surface area contributed by atoms with E-state index >= 15 is 0 Å². The molecule has 3 aliphatic rings. The summed E-state index contributed by atoms with van der Waals surface area (Å²) in [5, 5.41) is 1.53. The van der Waals surface area contributed by atoms with Crippen molar-refractivity contribution in [2.45, 2.75) is 26.7 Å². The molecule has 25 heavy (non-hydrogen) atoms. The third kappa shape index (κ3) is 2.82. The molecule has 2 aromatic rings. The summed E-state index contributed by atoms with van der Waals surface area (Å²) in [6.07, 6.45) is 4.71. The predicted molar refractivity (Wildman–Crippen MR) is 104 cm³/mol. The van der Waals surface area contributed by atoms with Crippen LogP contribution in [0, 0.1) is 17.3 Å². The van der Waals surface area contributed by atoms with Gasteiger partial charge in [-0.1, -0.05) is 56.3 Å². The van der Waals surface area contributed by atoms with E-state index in [-0.39, 0.29) is 0 Å². The Hall–Kier alpha value is -1.63. The number of hydrogen-bond acceptors (Lipinski definition) is 2. The molecule has 0 radical (unpaired) electrons. The molecule has 1 saturated carbocycles. The van der Waals surface area contributed by atoms with Crippen molar-refractivity contribution in [1.82, 2.24) is 0 Å². The molecule has 0 N–H and O–H groups in total. The number of fused-ring (bicyclic) bond motifs is 1. The molecule has 130 valence electrons. The summed E-state index contributed by atoms with van der Waals surface area (Å²) >= 11 is 0. The Morgan fingerprint density at radius 1 is 1.00 bits per heavy atom. The summed E-state index contributed by atoms with van der Waals surface area (Å²) < 4.78 is 20.1. The highest BCUT2D eigenvalue weighted by atomic mass is 31.2. The van der Waals surface area contributed by atoms with E-state index in [0.717, 1.165) is 22.9 Å². The van der Waals surface area contributed by atoms with Gasteiger partial charge in [-0.2, -0.15) is 0 Å². The Kier molecular flexibility index (Phi) is 4.22. The quantitative estimate of drug-likeness (QED) is 0.564. The molecule has 2 bridgehead atoms. The van der Waals surface area contributed by atoms with E-state index in [2.05, 4.69) is 19.9 Å². The maximum Gasteiger partial charge on any atom is 0.261 e. The van der Waals surface area contributed by atoms with Gasteiger partial charge in [0, 0.05) is 10.6 Å². The first kappa shape index (κ1) is 16.8. The Morgan fingerprint density at radius 3 is 2.04 bits per heavy atom. The van der Waals surface area contributed by atoms with Gasteiger partial charge in [0.25, 0.3) is 7.37 Å². The molecule has 3 aliphatic carbocycles. The number of rotatable bonds is 5. The fourth-order valence-corrected chi connectivity index (χ4v) is 6.41. The van der Waals surface area contributed by atoms with Crippen molar-refractivity contribution < 1.29 is 9.09 Å². The third-order valence-corrected chi connectivity index (χ3v) is 8.64. The molecule has 2 nitrogen and oxygen atoms in total. The average Bonchev–Trinajstić information content (AvgIpc) is 2.67. The third-order valence-electron chi connectivity index (χ3n) is 6.19. The van der Waals surface area contributed by atoms with E-state index < -0.39 is 7.37 Å². The van der Waals surface area contributed by atoms with Gasteiger partial charge in [-0.05, 0) is 59.9 Å². The largest absolute Gasteiger partial charge is 0.318 e. The van der Waals surface area contributed by atoms with Crippen molar-refractivity contribution >= 4 is 18.0 Å². The predicted octanol–water partition coefficient (Wildman–Crippen LogP) is 4.92. The highest BCUT2D eigenvalue weighted by Crippen LogP contribution is 2.59. The topological polar surface area (TPSA) is 26.3 Å². The molecule has 0 spiro atoms. The zero-order valence-corrected chi connectivity index (χ0v) is 15.8. The maximum absolute atomic E-state index is 13.9. The molecule has 0 heterocycles. The highest BCUT2D eigenvalue weighted by molar-refractivity contribution is 7.74. The van der Waals surface area contributed by atoms with E-state index in [4.69, 9.17) is 4.52 Å². The van der Waals surface area contributed by atoms with Gasteiger partial charge in [-0.15, -0.1) is 0 Å². The lowest BCUT2D eigenvalue weighted by Gasteiger charge is -2.56. The minimum Gasteiger partial charge on any atom is -0.318 e. The van der Waals surface area contributed by atoms with Crippen molar-refractivity contribution in [2.75, 3.05) is 6.61 Å². The van der Waals surface area contributed by atoms with Crippen LogP contribution in [-0.2, 0) is 9.09 Å². The molecule has 0 amide bonds. The van der Waals surface area contributed by atoms with Crippen LogP contribution in [-0.4, -0.2) is 6.61 Å². The van der Waals surface area contributed by atoms with Gasteiger partial charge in [-0.25, -0.2) is 0 Å². The Bertz CT molecular complexity index is 780. The average molecular weight is 352 g/mol. The summed E-state index contributed by atoms with van der Waals surface area (Å²) in [6.45, 7) is 5.17. The lowest BCUT2D eigenvalue weighted by Crippen LogP contribution is -2.48. The Balaban J connectivity index is 1.62. The first-order chi connectivity index (χ1) is 12.0. The van der Waals surface area contributed by atoms with Gasteiger partial charge in [0.05, 0.1) is 6.61 Å². The lowest BCUT2D eigenvalue weighted by atomic mass is 9.49. The van der Waals surface area contributed by atoms with E-state index in [0.29, 0.717) is 17.9 Å². The van der Waals surface area contributed by atoms with Crippen molar-refractivity contribution in [3.05, 3.63) is 72.3 Å². The van der Waals surface area contributed by atoms with Crippen molar-refractivity contribution in [3.63, 3.8) is 0 Å². The monoisotopic (exact) mass is 352 g/mol. The Labute approximate surface area is 150 Å². The zero-order valence-electron chi connectivity index (χ0n) is 14.9. The lowest BCUT2D eigenvalue weighted by molar-refractivity contribution is -0.0113.